The largest absolute Gasteiger partial charge is 0.377 e. The zero-order valence-electron chi connectivity index (χ0n) is 18.2. The second-order valence-corrected chi connectivity index (χ2v) is 8.65. The molecule has 0 aliphatic carbocycles. The Bertz CT molecular complexity index is 925. The second kappa shape index (κ2) is 11.1. The minimum absolute atomic E-state index is 0.135. The molecule has 9 nitrogen and oxygen atoms in total. The number of rotatable bonds is 9. The molecule has 10 heteroatoms. The first-order valence-corrected chi connectivity index (χ1v) is 11.4. The second-order valence-electron chi connectivity index (χ2n) is 7.80. The molecule has 0 radical (unpaired) electrons. The summed E-state index contributed by atoms with van der Waals surface area (Å²) in [5.74, 6) is 1.38. The summed E-state index contributed by atoms with van der Waals surface area (Å²) >= 11 is 1.35. The molecule has 0 spiro atoms. The minimum atomic E-state index is -0.226. The minimum Gasteiger partial charge on any atom is -0.377 e. The summed E-state index contributed by atoms with van der Waals surface area (Å²) < 4.78 is 5.43. The summed E-state index contributed by atoms with van der Waals surface area (Å²) in [5, 5.41) is 17.3. The van der Waals surface area contributed by atoms with E-state index in [-0.39, 0.29) is 17.9 Å². The van der Waals surface area contributed by atoms with E-state index in [9.17, 15) is 4.79 Å². The molecule has 2 N–H and O–H groups in total. The summed E-state index contributed by atoms with van der Waals surface area (Å²) in [5.41, 5.74) is 1.33. The molecule has 2 aromatic rings. The number of nitrogens with zero attached hydrogens (tertiary/aromatic N) is 5. The van der Waals surface area contributed by atoms with E-state index in [0.29, 0.717) is 42.2 Å². The summed E-state index contributed by atoms with van der Waals surface area (Å²) in [4.78, 5) is 27.9. The molecule has 3 heterocycles. The van der Waals surface area contributed by atoms with Crippen LogP contribution in [0.25, 0.3) is 0 Å². The number of nitrogens with one attached hydrogen (secondary N) is 2. The fourth-order valence-electron chi connectivity index (χ4n) is 3.50. The number of carbonyl (C=O) groups excluding carboxylic acids is 1. The number of aryl methyl sites for hydroxylation is 1. The Morgan fingerprint density at radius 2 is 2.26 bits per heavy atom. The zero-order valence-corrected chi connectivity index (χ0v) is 19.0. The van der Waals surface area contributed by atoms with E-state index in [1.54, 1.807) is 5.38 Å². The summed E-state index contributed by atoms with van der Waals surface area (Å²) in [6.07, 6.45) is 2.22. The van der Waals surface area contributed by atoms with Crippen molar-refractivity contribution in [1.29, 1.82) is 5.26 Å². The van der Waals surface area contributed by atoms with E-state index in [1.165, 1.54) is 11.3 Å². The van der Waals surface area contributed by atoms with E-state index >= 15 is 0 Å². The fourth-order valence-corrected chi connectivity index (χ4v) is 4.20. The van der Waals surface area contributed by atoms with Crippen LogP contribution in [-0.2, 0) is 4.74 Å². The predicted molar refractivity (Wildman–Crippen MR) is 120 cm³/mol. The monoisotopic (exact) mass is 443 g/mol. The predicted octanol–water partition coefficient (Wildman–Crippen LogP) is 2.84. The van der Waals surface area contributed by atoms with E-state index in [2.05, 4.69) is 36.6 Å². The maximum Gasteiger partial charge on any atom is 0.270 e. The molecular formula is C21H29N7O2S. The average Bonchev–Trinajstić information content (AvgIpc) is 3.19. The van der Waals surface area contributed by atoms with E-state index in [4.69, 9.17) is 10.00 Å². The van der Waals surface area contributed by atoms with Crippen molar-refractivity contribution in [3.63, 3.8) is 0 Å². The van der Waals surface area contributed by atoms with Crippen molar-refractivity contribution in [2.24, 2.45) is 0 Å². The number of hydrogen-bond acceptors (Lipinski definition) is 9. The molecule has 3 rings (SSSR count). The summed E-state index contributed by atoms with van der Waals surface area (Å²) in [7, 11) is 0. The average molecular weight is 444 g/mol. The van der Waals surface area contributed by atoms with Gasteiger partial charge in [-0.05, 0) is 40.2 Å². The number of likely N-dealkylation sites (tertiary alicyclic amines) is 1. The molecule has 1 amide bonds. The lowest BCUT2D eigenvalue weighted by molar-refractivity contribution is 0.0745. The van der Waals surface area contributed by atoms with E-state index in [1.807, 2.05) is 26.8 Å². The Balaban J connectivity index is 1.62. The number of ether oxygens (including phenoxy) is 1. The normalized spacial score (nSPS) is 16.8. The van der Waals surface area contributed by atoms with Crippen molar-refractivity contribution in [2.75, 3.05) is 38.1 Å². The van der Waals surface area contributed by atoms with Gasteiger partial charge in [-0.25, -0.2) is 15.0 Å². The Kier molecular flexibility index (Phi) is 8.28. The number of nitriles is 1. The van der Waals surface area contributed by atoms with Crippen molar-refractivity contribution in [3.8, 4) is 6.07 Å². The third-order valence-corrected chi connectivity index (χ3v) is 5.64. The van der Waals surface area contributed by atoms with E-state index in [0.717, 1.165) is 31.6 Å². The highest BCUT2D eigenvalue weighted by molar-refractivity contribution is 7.14. The number of hydrogen-bond donors (Lipinski definition) is 2. The maximum absolute atomic E-state index is 12.3. The number of aromatic nitrogens is 3. The van der Waals surface area contributed by atoms with Crippen LogP contribution in [0.4, 0.5) is 10.9 Å². The molecule has 1 atom stereocenters. The number of piperidine rings is 1. The van der Waals surface area contributed by atoms with Gasteiger partial charge in [0.05, 0.1) is 31.0 Å². The van der Waals surface area contributed by atoms with Gasteiger partial charge in [0.2, 0.25) is 0 Å². The molecule has 166 valence electrons. The van der Waals surface area contributed by atoms with Crippen molar-refractivity contribution < 1.29 is 9.53 Å². The third-order valence-electron chi connectivity index (χ3n) is 4.89. The summed E-state index contributed by atoms with van der Waals surface area (Å²) in [6.45, 7) is 8.90. The first kappa shape index (κ1) is 23.1. The Hall–Kier alpha value is -2.61. The van der Waals surface area contributed by atoms with Crippen LogP contribution < -0.4 is 10.6 Å². The molecule has 31 heavy (non-hydrogen) atoms. The van der Waals surface area contributed by atoms with Crippen molar-refractivity contribution in [3.05, 3.63) is 28.7 Å². The molecule has 2 aromatic heterocycles. The van der Waals surface area contributed by atoms with Crippen molar-refractivity contribution in [2.45, 2.75) is 45.6 Å². The molecule has 1 aliphatic heterocycles. The molecule has 1 aliphatic rings. The van der Waals surface area contributed by atoms with E-state index < -0.39 is 0 Å². The molecule has 1 unspecified atom stereocenters. The van der Waals surface area contributed by atoms with Crippen LogP contribution in [-0.4, -0.2) is 64.6 Å². The zero-order chi connectivity index (χ0) is 22.2. The van der Waals surface area contributed by atoms with Gasteiger partial charge >= 0.3 is 0 Å². The van der Waals surface area contributed by atoms with Gasteiger partial charge in [-0.15, -0.1) is 11.3 Å². The highest BCUT2D eigenvalue weighted by Gasteiger charge is 2.23. The summed E-state index contributed by atoms with van der Waals surface area (Å²) in [6, 6.07) is 4.17. The van der Waals surface area contributed by atoms with Gasteiger partial charge in [-0.1, -0.05) is 0 Å². The lowest BCUT2D eigenvalue weighted by Gasteiger charge is -2.30. The lowest BCUT2D eigenvalue weighted by atomic mass is 9.94. The smallest absolute Gasteiger partial charge is 0.270 e. The lowest BCUT2D eigenvalue weighted by Crippen LogP contribution is -2.35. The van der Waals surface area contributed by atoms with Gasteiger partial charge in [0.1, 0.15) is 17.3 Å². The fraction of sp³-hybridized carbons (Fsp3) is 0.571. The number of thiazole rings is 1. The van der Waals surface area contributed by atoms with Crippen LogP contribution in [0, 0.1) is 18.3 Å². The third kappa shape index (κ3) is 6.95. The van der Waals surface area contributed by atoms with Crippen LogP contribution in [0.15, 0.2) is 11.4 Å². The molecule has 0 aromatic carbocycles. The number of anilines is 2. The topological polar surface area (TPSA) is 116 Å². The number of carbonyl (C=O) groups is 1. The standard InChI is InChI=1S/C21H29N7O2S/c1-14(2)30-10-7-23-20(29)18-13-31-21(26-18)27-19-11-17(24-15(3)25-19)16-5-4-8-28(12-16)9-6-22/h11,13-14,16H,4-5,7-10,12H2,1-3H3,(H,23,29)(H,24,25,26,27). The van der Waals surface area contributed by atoms with Gasteiger partial charge in [0.25, 0.3) is 5.91 Å². The van der Waals surface area contributed by atoms with Crippen LogP contribution in [0.2, 0.25) is 0 Å². The SMILES string of the molecule is Cc1nc(Nc2nc(C(=O)NCCOC(C)C)cs2)cc(C2CCCN(CC#N)C2)n1. The van der Waals surface area contributed by atoms with Crippen LogP contribution in [0.3, 0.4) is 0 Å². The Morgan fingerprint density at radius 3 is 3.03 bits per heavy atom. The first-order chi connectivity index (χ1) is 14.9. The van der Waals surface area contributed by atoms with Crippen LogP contribution in [0.1, 0.15) is 54.6 Å². The highest BCUT2D eigenvalue weighted by atomic mass is 32.1. The van der Waals surface area contributed by atoms with Gasteiger partial charge in [0.15, 0.2) is 5.13 Å². The van der Waals surface area contributed by atoms with Gasteiger partial charge < -0.3 is 15.4 Å². The van der Waals surface area contributed by atoms with Crippen molar-refractivity contribution >= 4 is 28.2 Å². The van der Waals surface area contributed by atoms with Gasteiger partial charge in [-0.2, -0.15) is 5.26 Å². The molecule has 0 saturated carbocycles. The van der Waals surface area contributed by atoms with Gasteiger partial charge in [-0.3, -0.25) is 9.69 Å². The molecule has 0 bridgehead atoms. The quantitative estimate of drug-likeness (QED) is 0.449. The molecule has 1 fully saturated rings. The first-order valence-electron chi connectivity index (χ1n) is 10.5. The molecular weight excluding hydrogens is 414 g/mol. The molecule has 1 saturated heterocycles. The van der Waals surface area contributed by atoms with Crippen LogP contribution in [0.5, 0.6) is 0 Å². The van der Waals surface area contributed by atoms with Gasteiger partial charge in [0, 0.05) is 30.5 Å². The van der Waals surface area contributed by atoms with Crippen molar-refractivity contribution in [1.82, 2.24) is 25.2 Å². The van der Waals surface area contributed by atoms with Crippen LogP contribution >= 0.6 is 11.3 Å². The Labute approximate surface area is 186 Å². The number of amides is 1. The Morgan fingerprint density at radius 1 is 1.42 bits per heavy atom. The highest BCUT2D eigenvalue weighted by Crippen LogP contribution is 2.28. The maximum atomic E-state index is 12.3.